The van der Waals surface area contributed by atoms with Gasteiger partial charge in [-0.25, -0.2) is 0 Å². The number of para-hydroxylation sites is 1. The SMILES string of the molecule is CC(C)C(O)CNC(=O)Cc1noc2ccccc12. The van der Waals surface area contributed by atoms with E-state index in [1.54, 1.807) is 0 Å². The maximum atomic E-state index is 11.8. The highest BCUT2D eigenvalue weighted by atomic mass is 16.5. The average Bonchev–Trinajstić information content (AvgIpc) is 2.79. The molecule has 1 aromatic carbocycles. The third-order valence-electron chi connectivity index (χ3n) is 3.06. The Morgan fingerprint density at radius 2 is 2.16 bits per heavy atom. The lowest BCUT2D eigenvalue weighted by molar-refractivity contribution is -0.121. The van der Waals surface area contributed by atoms with Gasteiger partial charge in [0.25, 0.3) is 0 Å². The largest absolute Gasteiger partial charge is 0.391 e. The van der Waals surface area contributed by atoms with Crippen LogP contribution in [-0.4, -0.2) is 28.8 Å². The Kier molecular flexibility index (Phi) is 4.16. The van der Waals surface area contributed by atoms with Gasteiger partial charge in [-0.05, 0) is 18.1 Å². The molecule has 0 radical (unpaired) electrons. The third kappa shape index (κ3) is 3.32. The Morgan fingerprint density at radius 3 is 2.89 bits per heavy atom. The number of aliphatic hydroxyl groups is 1. The predicted octanol–water partition coefficient (Wildman–Crippen LogP) is 1.50. The van der Waals surface area contributed by atoms with Gasteiger partial charge < -0.3 is 14.9 Å². The lowest BCUT2D eigenvalue weighted by Crippen LogP contribution is -2.35. The molecule has 102 valence electrons. The van der Waals surface area contributed by atoms with E-state index in [0.717, 1.165) is 5.39 Å². The minimum Gasteiger partial charge on any atom is -0.391 e. The topological polar surface area (TPSA) is 75.4 Å². The Morgan fingerprint density at radius 1 is 1.42 bits per heavy atom. The van der Waals surface area contributed by atoms with Crippen molar-refractivity contribution < 1.29 is 14.4 Å². The van der Waals surface area contributed by atoms with E-state index in [-0.39, 0.29) is 24.8 Å². The van der Waals surface area contributed by atoms with Crippen LogP contribution in [0.25, 0.3) is 11.0 Å². The molecule has 1 heterocycles. The Balaban J connectivity index is 1.96. The molecule has 1 amide bonds. The molecule has 0 bridgehead atoms. The summed E-state index contributed by atoms with van der Waals surface area (Å²) in [5.41, 5.74) is 1.29. The molecule has 1 atom stereocenters. The zero-order valence-corrected chi connectivity index (χ0v) is 11.1. The molecule has 2 aromatic rings. The molecule has 0 aliphatic rings. The van der Waals surface area contributed by atoms with E-state index in [9.17, 15) is 9.90 Å². The van der Waals surface area contributed by atoms with Crippen LogP contribution in [0.4, 0.5) is 0 Å². The highest BCUT2D eigenvalue weighted by Gasteiger charge is 2.14. The number of rotatable bonds is 5. The summed E-state index contributed by atoms with van der Waals surface area (Å²) in [4.78, 5) is 11.8. The van der Waals surface area contributed by atoms with Gasteiger partial charge in [0.1, 0.15) is 5.69 Å². The number of hydrogen-bond donors (Lipinski definition) is 2. The van der Waals surface area contributed by atoms with Gasteiger partial charge in [-0.3, -0.25) is 4.79 Å². The molecule has 0 fully saturated rings. The fourth-order valence-electron chi connectivity index (χ4n) is 1.73. The van der Waals surface area contributed by atoms with Crippen molar-refractivity contribution in [1.82, 2.24) is 10.5 Å². The standard InChI is InChI=1S/C14H18N2O3/c1-9(2)12(17)8-15-14(18)7-11-10-5-3-4-6-13(10)19-16-11/h3-6,9,12,17H,7-8H2,1-2H3,(H,15,18). The highest BCUT2D eigenvalue weighted by molar-refractivity contribution is 5.86. The Labute approximate surface area is 111 Å². The first kappa shape index (κ1) is 13.5. The lowest BCUT2D eigenvalue weighted by atomic mass is 10.1. The normalized spacial score (nSPS) is 12.8. The van der Waals surface area contributed by atoms with Gasteiger partial charge in [0, 0.05) is 11.9 Å². The molecule has 0 spiro atoms. The van der Waals surface area contributed by atoms with Crippen molar-refractivity contribution in [1.29, 1.82) is 0 Å². The molecule has 5 nitrogen and oxygen atoms in total. The van der Waals surface area contributed by atoms with Gasteiger partial charge >= 0.3 is 0 Å². The van der Waals surface area contributed by atoms with E-state index in [1.807, 2.05) is 38.1 Å². The summed E-state index contributed by atoms with van der Waals surface area (Å²) in [7, 11) is 0. The summed E-state index contributed by atoms with van der Waals surface area (Å²) < 4.78 is 5.13. The van der Waals surface area contributed by atoms with Crippen LogP contribution < -0.4 is 5.32 Å². The summed E-state index contributed by atoms with van der Waals surface area (Å²) in [6, 6.07) is 7.42. The fraction of sp³-hybridized carbons (Fsp3) is 0.429. The van der Waals surface area contributed by atoms with Crippen LogP contribution in [0.1, 0.15) is 19.5 Å². The number of amides is 1. The molecular formula is C14H18N2O3. The lowest BCUT2D eigenvalue weighted by Gasteiger charge is -2.14. The third-order valence-corrected chi connectivity index (χ3v) is 3.06. The smallest absolute Gasteiger partial charge is 0.226 e. The first-order valence-electron chi connectivity index (χ1n) is 6.36. The van der Waals surface area contributed by atoms with Gasteiger partial charge in [-0.15, -0.1) is 0 Å². The Bertz CT molecular complexity index is 563. The van der Waals surface area contributed by atoms with Crippen LogP contribution in [0.15, 0.2) is 28.8 Å². The zero-order valence-electron chi connectivity index (χ0n) is 11.1. The summed E-state index contributed by atoms with van der Waals surface area (Å²) >= 11 is 0. The second kappa shape index (κ2) is 5.84. The molecule has 2 rings (SSSR count). The molecule has 1 unspecified atom stereocenters. The first-order chi connectivity index (χ1) is 9.08. The summed E-state index contributed by atoms with van der Waals surface area (Å²) in [5, 5.41) is 17.1. The van der Waals surface area contributed by atoms with Crippen molar-refractivity contribution in [2.45, 2.75) is 26.4 Å². The number of aliphatic hydroxyl groups excluding tert-OH is 1. The number of carbonyl (C=O) groups is 1. The van der Waals surface area contributed by atoms with Crippen molar-refractivity contribution in [3.05, 3.63) is 30.0 Å². The number of fused-ring (bicyclic) bond motifs is 1. The van der Waals surface area contributed by atoms with Gasteiger partial charge in [0.05, 0.1) is 12.5 Å². The van der Waals surface area contributed by atoms with Gasteiger partial charge in [0.2, 0.25) is 5.91 Å². The molecule has 19 heavy (non-hydrogen) atoms. The molecule has 2 N–H and O–H groups in total. The van der Waals surface area contributed by atoms with Crippen molar-refractivity contribution in [3.63, 3.8) is 0 Å². The molecular weight excluding hydrogens is 244 g/mol. The molecule has 1 aromatic heterocycles. The molecule has 5 heteroatoms. The second-order valence-electron chi connectivity index (χ2n) is 4.92. The van der Waals surface area contributed by atoms with Crippen molar-refractivity contribution in [3.8, 4) is 0 Å². The minimum atomic E-state index is -0.530. The summed E-state index contributed by atoms with van der Waals surface area (Å²) in [5.74, 6) is -0.0491. The molecule has 0 aliphatic carbocycles. The van der Waals surface area contributed by atoms with Crippen LogP contribution in [0.2, 0.25) is 0 Å². The minimum absolute atomic E-state index is 0.119. The van der Waals surface area contributed by atoms with E-state index in [2.05, 4.69) is 10.5 Å². The van der Waals surface area contributed by atoms with Crippen LogP contribution in [0.3, 0.4) is 0 Å². The summed E-state index contributed by atoms with van der Waals surface area (Å²) in [6.45, 7) is 4.07. The van der Waals surface area contributed by atoms with E-state index in [4.69, 9.17) is 4.52 Å². The maximum Gasteiger partial charge on any atom is 0.226 e. The number of hydrogen-bond acceptors (Lipinski definition) is 4. The van der Waals surface area contributed by atoms with E-state index >= 15 is 0 Å². The molecule has 0 aliphatic heterocycles. The number of nitrogens with one attached hydrogen (secondary N) is 1. The van der Waals surface area contributed by atoms with Crippen LogP contribution in [0.5, 0.6) is 0 Å². The quantitative estimate of drug-likeness (QED) is 0.856. The summed E-state index contributed by atoms with van der Waals surface area (Å²) in [6.07, 6.45) is -0.375. The number of nitrogens with zero attached hydrogens (tertiary/aromatic N) is 1. The number of aromatic nitrogens is 1. The van der Waals surface area contributed by atoms with Crippen molar-refractivity contribution in [2.24, 2.45) is 5.92 Å². The van der Waals surface area contributed by atoms with Crippen LogP contribution in [0, 0.1) is 5.92 Å². The highest BCUT2D eigenvalue weighted by Crippen LogP contribution is 2.17. The molecule has 0 saturated carbocycles. The maximum absolute atomic E-state index is 11.8. The van der Waals surface area contributed by atoms with E-state index in [1.165, 1.54) is 0 Å². The number of benzene rings is 1. The molecule has 0 saturated heterocycles. The zero-order chi connectivity index (χ0) is 13.8. The fourth-order valence-corrected chi connectivity index (χ4v) is 1.73. The van der Waals surface area contributed by atoms with Crippen LogP contribution >= 0.6 is 0 Å². The number of carbonyl (C=O) groups excluding carboxylic acids is 1. The van der Waals surface area contributed by atoms with Crippen LogP contribution in [-0.2, 0) is 11.2 Å². The van der Waals surface area contributed by atoms with E-state index in [0.29, 0.717) is 11.3 Å². The second-order valence-corrected chi connectivity index (χ2v) is 4.92. The predicted molar refractivity (Wildman–Crippen MR) is 71.6 cm³/mol. The first-order valence-corrected chi connectivity index (χ1v) is 6.36. The monoisotopic (exact) mass is 262 g/mol. The van der Waals surface area contributed by atoms with Crippen molar-refractivity contribution >= 4 is 16.9 Å². The van der Waals surface area contributed by atoms with Gasteiger partial charge in [0.15, 0.2) is 5.58 Å². The average molecular weight is 262 g/mol. The van der Waals surface area contributed by atoms with E-state index < -0.39 is 6.10 Å². The van der Waals surface area contributed by atoms with Gasteiger partial charge in [-0.1, -0.05) is 31.1 Å². The van der Waals surface area contributed by atoms with Crippen molar-refractivity contribution in [2.75, 3.05) is 6.54 Å². The Hall–Kier alpha value is -1.88. The van der Waals surface area contributed by atoms with Gasteiger partial charge in [-0.2, -0.15) is 0 Å².